The SMILES string of the molecule is CCC1CCC(C(C)Cc2ccc(C#Cc3ccc(F)cc3)c(F)c2)CC1. The highest BCUT2D eigenvalue weighted by atomic mass is 19.1. The van der Waals surface area contributed by atoms with Crippen LogP contribution in [0.25, 0.3) is 0 Å². The Labute approximate surface area is 162 Å². The normalized spacial score (nSPS) is 20.6. The maximum Gasteiger partial charge on any atom is 0.139 e. The van der Waals surface area contributed by atoms with Gasteiger partial charge < -0.3 is 0 Å². The average molecular weight is 366 g/mol. The highest BCUT2D eigenvalue weighted by molar-refractivity contribution is 5.44. The number of rotatable bonds is 4. The van der Waals surface area contributed by atoms with Crippen LogP contribution in [0.15, 0.2) is 42.5 Å². The predicted octanol–water partition coefficient (Wildman–Crippen LogP) is 6.76. The first kappa shape index (κ1) is 19.6. The van der Waals surface area contributed by atoms with E-state index in [0.717, 1.165) is 23.8 Å². The van der Waals surface area contributed by atoms with E-state index in [1.54, 1.807) is 24.3 Å². The third-order valence-electron chi connectivity index (χ3n) is 6.05. The zero-order chi connectivity index (χ0) is 19.2. The Morgan fingerprint density at radius 1 is 0.963 bits per heavy atom. The molecule has 0 saturated heterocycles. The summed E-state index contributed by atoms with van der Waals surface area (Å²) in [5.41, 5.74) is 2.11. The van der Waals surface area contributed by atoms with Gasteiger partial charge in [0, 0.05) is 5.56 Å². The summed E-state index contributed by atoms with van der Waals surface area (Å²) < 4.78 is 27.4. The van der Waals surface area contributed by atoms with Crippen LogP contribution in [0.1, 0.15) is 62.6 Å². The fourth-order valence-corrected chi connectivity index (χ4v) is 4.16. The molecule has 1 aliphatic carbocycles. The molecule has 0 amide bonds. The number of hydrogen-bond acceptors (Lipinski definition) is 0. The summed E-state index contributed by atoms with van der Waals surface area (Å²) in [4.78, 5) is 0. The van der Waals surface area contributed by atoms with Crippen molar-refractivity contribution in [3.63, 3.8) is 0 Å². The summed E-state index contributed by atoms with van der Waals surface area (Å²) in [5, 5.41) is 0. The molecule has 142 valence electrons. The minimum Gasteiger partial charge on any atom is -0.207 e. The van der Waals surface area contributed by atoms with Crippen LogP contribution in [-0.2, 0) is 6.42 Å². The van der Waals surface area contributed by atoms with Gasteiger partial charge in [-0.25, -0.2) is 8.78 Å². The average Bonchev–Trinajstić information content (AvgIpc) is 2.68. The summed E-state index contributed by atoms with van der Waals surface area (Å²) in [6, 6.07) is 11.3. The lowest BCUT2D eigenvalue weighted by molar-refractivity contribution is 0.210. The topological polar surface area (TPSA) is 0 Å². The molecule has 1 atom stereocenters. The molecule has 0 aliphatic heterocycles. The van der Waals surface area contributed by atoms with Gasteiger partial charge in [-0.1, -0.05) is 51.0 Å². The van der Waals surface area contributed by atoms with Crippen LogP contribution in [0.3, 0.4) is 0 Å². The number of hydrogen-bond donors (Lipinski definition) is 0. The second kappa shape index (κ2) is 9.18. The van der Waals surface area contributed by atoms with Crippen LogP contribution < -0.4 is 0 Å². The zero-order valence-corrected chi connectivity index (χ0v) is 16.3. The summed E-state index contributed by atoms with van der Waals surface area (Å²) >= 11 is 0. The highest BCUT2D eigenvalue weighted by Gasteiger charge is 2.24. The quantitative estimate of drug-likeness (QED) is 0.524. The molecule has 2 aromatic rings. The summed E-state index contributed by atoms with van der Waals surface area (Å²) in [5.74, 6) is 7.43. The van der Waals surface area contributed by atoms with E-state index in [1.165, 1.54) is 44.2 Å². The van der Waals surface area contributed by atoms with E-state index in [2.05, 4.69) is 25.7 Å². The number of benzene rings is 2. The van der Waals surface area contributed by atoms with Gasteiger partial charge in [-0.3, -0.25) is 0 Å². The molecule has 1 unspecified atom stereocenters. The van der Waals surface area contributed by atoms with Crippen molar-refractivity contribution in [2.24, 2.45) is 17.8 Å². The van der Waals surface area contributed by atoms with Crippen LogP contribution in [0.4, 0.5) is 8.78 Å². The summed E-state index contributed by atoms with van der Waals surface area (Å²) in [6.07, 6.45) is 7.53. The first-order valence-electron chi connectivity index (χ1n) is 10.1. The van der Waals surface area contributed by atoms with Crippen molar-refractivity contribution in [2.75, 3.05) is 0 Å². The molecule has 0 spiro atoms. The fourth-order valence-electron chi connectivity index (χ4n) is 4.16. The molecule has 27 heavy (non-hydrogen) atoms. The van der Waals surface area contributed by atoms with E-state index < -0.39 is 0 Å². The molecule has 0 aromatic heterocycles. The largest absolute Gasteiger partial charge is 0.207 e. The lowest BCUT2D eigenvalue weighted by Gasteiger charge is -2.32. The minimum absolute atomic E-state index is 0.274. The smallest absolute Gasteiger partial charge is 0.139 e. The van der Waals surface area contributed by atoms with Gasteiger partial charge in [0.2, 0.25) is 0 Å². The zero-order valence-electron chi connectivity index (χ0n) is 16.3. The second-order valence-electron chi connectivity index (χ2n) is 7.94. The van der Waals surface area contributed by atoms with Crippen LogP contribution in [-0.4, -0.2) is 0 Å². The molecule has 0 radical (unpaired) electrons. The molecular weight excluding hydrogens is 338 g/mol. The minimum atomic E-state index is -0.298. The molecule has 0 nitrogen and oxygen atoms in total. The first-order valence-corrected chi connectivity index (χ1v) is 10.1. The third kappa shape index (κ3) is 5.42. The Balaban J connectivity index is 1.62. The molecule has 0 heterocycles. The molecular formula is C25H28F2. The van der Waals surface area contributed by atoms with Gasteiger partial charge in [0.05, 0.1) is 5.56 Å². The van der Waals surface area contributed by atoms with E-state index >= 15 is 0 Å². The van der Waals surface area contributed by atoms with Gasteiger partial charge >= 0.3 is 0 Å². The fraction of sp³-hybridized carbons (Fsp3) is 0.440. The molecule has 2 heteroatoms. The highest BCUT2D eigenvalue weighted by Crippen LogP contribution is 2.36. The Morgan fingerprint density at radius 2 is 1.67 bits per heavy atom. The van der Waals surface area contributed by atoms with E-state index in [9.17, 15) is 8.78 Å². The van der Waals surface area contributed by atoms with Gasteiger partial charge in [-0.15, -0.1) is 0 Å². The van der Waals surface area contributed by atoms with E-state index in [0.29, 0.717) is 17.0 Å². The Kier molecular flexibility index (Phi) is 6.67. The number of halogens is 2. The van der Waals surface area contributed by atoms with Gasteiger partial charge in [0.1, 0.15) is 11.6 Å². The Morgan fingerprint density at radius 3 is 2.30 bits per heavy atom. The molecule has 1 saturated carbocycles. The second-order valence-corrected chi connectivity index (χ2v) is 7.94. The van der Waals surface area contributed by atoms with Gasteiger partial charge in [-0.05, 0) is 79.0 Å². The molecule has 1 fully saturated rings. The van der Waals surface area contributed by atoms with Crippen molar-refractivity contribution in [3.8, 4) is 11.8 Å². The molecule has 1 aliphatic rings. The predicted molar refractivity (Wildman–Crippen MR) is 107 cm³/mol. The third-order valence-corrected chi connectivity index (χ3v) is 6.05. The van der Waals surface area contributed by atoms with E-state index in [-0.39, 0.29) is 11.6 Å². The summed E-state index contributed by atoms with van der Waals surface area (Å²) in [7, 11) is 0. The van der Waals surface area contributed by atoms with Crippen molar-refractivity contribution in [1.82, 2.24) is 0 Å². The van der Waals surface area contributed by atoms with E-state index in [1.807, 2.05) is 6.07 Å². The first-order chi connectivity index (χ1) is 13.0. The van der Waals surface area contributed by atoms with Crippen molar-refractivity contribution in [3.05, 3.63) is 70.8 Å². The lowest BCUT2D eigenvalue weighted by atomic mass is 9.74. The summed E-state index contributed by atoms with van der Waals surface area (Å²) in [6.45, 7) is 4.59. The van der Waals surface area contributed by atoms with Crippen LogP contribution in [0.5, 0.6) is 0 Å². The van der Waals surface area contributed by atoms with Crippen molar-refractivity contribution in [1.29, 1.82) is 0 Å². The molecule has 3 rings (SSSR count). The van der Waals surface area contributed by atoms with Crippen LogP contribution in [0.2, 0.25) is 0 Å². The van der Waals surface area contributed by atoms with Crippen molar-refractivity contribution >= 4 is 0 Å². The van der Waals surface area contributed by atoms with Gasteiger partial charge in [0.15, 0.2) is 0 Å². The molecule has 2 aromatic carbocycles. The standard InChI is InChI=1S/C25H28F2/c1-3-19-4-10-22(11-5-19)18(2)16-21-7-13-23(25(27)17-21)12-6-20-8-14-24(26)15-9-20/h7-9,13-15,17-19,22H,3-5,10-11,16H2,1-2H3. The van der Waals surface area contributed by atoms with Crippen molar-refractivity contribution in [2.45, 2.75) is 52.4 Å². The maximum absolute atomic E-state index is 14.4. The maximum atomic E-state index is 14.4. The van der Waals surface area contributed by atoms with E-state index in [4.69, 9.17) is 0 Å². The van der Waals surface area contributed by atoms with Crippen LogP contribution in [0, 0.1) is 41.2 Å². The lowest BCUT2D eigenvalue weighted by Crippen LogP contribution is -2.21. The monoisotopic (exact) mass is 366 g/mol. The Hall–Kier alpha value is -2.14. The van der Waals surface area contributed by atoms with Crippen molar-refractivity contribution < 1.29 is 8.78 Å². The van der Waals surface area contributed by atoms with Gasteiger partial charge in [0.25, 0.3) is 0 Å². The molecule has 0 bridgehead atoms. The van der Waals surface area contributed by atoms with Gasteiger partial charge in [-0.2, -0.15) is 0 Å². The molecule has 0 N–H and O–H groups in total. The van der Waals surface area contributed by atoms with Crippen LogP contribution >= 0.6 is 0 Å². The Bertz CT molecular complexity index is 802.